The van der Waals surface area contributed by atoms with E-state index in [4.69, 9.17) is 11.6 Å². The van der Waals surface area contributed by atoms with Gasteiger partial charge in [-0.1, -0.05) is 11.6 Å². The average molecular weight is 335 g/mol. The fraction of sp³-hybridized carbons (Fsp3) is 0.462. The van der Waals surface area contributed by atoms with Crippen LogP contribution in [0.1, 0.15) is 13.8 Å². The third kappa shape index (κ3) is 3.29. The predicted octanol–water partition coefficient (Wildman–Crippen LogP) is 2.52. The van der Waals surface area contributed by atoms with Gasteiger partial charge in [0.25, 0.3) is 0 Å². The fourth-order valence-corrected chi connectivity index (χ4v) is 3.91. The number of hydrogen-bond acceptors (Lipinski definition) is 3. The molecule has 1 fully saturated rings. The Hall–Kier alpha value is -1.34. The van der Waals surface area contributed by atoms with Crippen molar-refractivity contribution in [3.05, 3.63) is 29.0 Å². The van der Waals surface area contributed by atoms with Crippen LogP contribution in [0.15, 0.2) is 18.2 Å². The van der Waals surface area contributed by atoms with Crippen LogP contribution in [0.5, 0.6) is 0 Å². The molecule has 2 rings (SSSR count). The minimum absolute atomic E-state index is 0.0287. The Morgan fingerprint density at radius 1 is 1.43 bits per heavy atom. The van der Waals surface area contributed by atoms with Crippen LogP contribution in [-0.4, -0.2) is 42.9 Å². The molecular formula is C13H16ClFN2O3S. The van der Waals surface area contributed by atoms with Crippen LogP contribution in [0.4, 0.5) is 14.9 Å². The number of rotatable bonds is 1. The molecule has 0 saturated carbocycles. The van der Waals surface area contributed by atoms with Gasteiger partial charge in [-0.25, -0.2) is 17.6 Å². The third-order valence-corrected chi connectivity index (χ3v) is 6.37. The van der Waals surface area contributed by atoms with E-state index in [0.717, 1.165) is 6.07 Å². The van der Waals surface area contributed by atoms with Gasteiger partial charge in [-0.05, 0) is 32.0 Å². The van der Waals surface area contributed by atoms with E-state index < -0.39 is 33.0 Å². The Morgan fingerprint density at radius 2 is 2.10 bits per heavy atom. The first-order valence-electron chi connectivity index (χ1n) is 6.46. The largest absolute Gasteiger partial charge is 0.322 e. The van der Waals surface area contributed by atoms with Crippen LogP contribution in [0.3, 0.4) is 0 Å². The smallest absolute Gasteiger partial charge is 0.320 e. The number of sulfone groups is 1. The molecule has 0 bridgehead atoms. The van der Waals surface area contributed by atoms with E-state index >= 15 is 0 Å². The molecule has 0 aromatic heterocycles. The number of benzene rings is 1. The highest BCUT2D eigenvalue weighted by Gasteiger charge is 2.38. The molecule has 0 spiro atoms. The number of carbonyl (C=O) groups excluding carboxylic acids is 1. The molecule has 2 amide bonds. The van der Waals surface area contributed by atoms with E-state index in [1.165, 1.54) is 17.0 Å². The molecular weight excluding hydrogens is 319 g/mol. The van der Waals surface area contributed by atoms with Gasteiger partial charge >= 0.3 is 6.03 Å². The number of halogens is 2. The summed E-state index contributed by atoms with van der Waals surface area (Å²) < 4.78 is 36.9. The molecule has 0 unspecified atom stereocenters. The van der Waals surface area contributed by atoms with Crippen molar-refractivity contribution in [3.8, 4) is 0 Å². The standard InChI is InChI=1S/C13H16ClFN2O3S/c1-8-9(2)21(19,20)6-5-17(8)13(18)16-10-3-4-11(14)12(15)7-10/h3-4,7-9H,5-6H2,1-2H3,(H,16,18)/t8-,9-/m1/s1. The second-order valence-corrected chi connectivity index (χ2v) is 7.95. The molecule has 8 heteroatoms. The fourth-order valence-electron chi connectivity index (χ4n) is 2.22. The number of amides is 2. The lowest BCUT2D eigenvalue weighted by Gasteiger charge is -2.37. The number of carbonyl (C=O) groups is 1. The lowest BCUT2D eigenvalue weighted by atomic mass is 10.2. The summed E-state index contributed by atoms with van der Waals surface area (Å²) in [7, 11) is -3.16. The van der Waals surface area contributed by atoms with Crippen molar-refractivity contribution in [2.24, 2.45) is 0 Å². The summed E-state index contributed by atoms with van der Waals surface area (Å²) in [6.45, 7) is 3.39. The summed E-state index contributed by atoms with van der Waals surface area (Å²) in [5, 5.41) is 1.90. The average Bonchev–Trinajstić information content (AvgIpc) is 2.40. The van der Waals surface area contributed by atoms with E-state index in [2.05, 4.69) is 5.32 Å². The second kappa shape index (κ2) is 5.81. The van der Waals surface area contributed by atoms with Gasteiger partial charge in [-0.2, -0.15) is 0 Å². The molecule has 1 heterocycles. The number of nitrogens with zero attached hydrogens (tertiary/aromatic N) is 1. The zero-order valence-corrected chi connectivity index (χ0v) is 13.2. The minimum atomic E-state index is -3.16. The van der Waals surface area contributed by atoms with E-state index in [0.29, 0.717) is 0 Å². The molecule has 116 valence electrons. The monoisotopic (exact) mass is 334 g/mol. The SMILES string of the molecule is C[C@@H]1[C@@H](C)S(=O)(=O)CCN1C(=O)Nc1ccc(Cl)c(F)c1. The lowest BCUT2D eigenvalue weighted by molar-refractivity contribution is 0.191. The Labute approximate surface area is 128 Å². The summed E-state index contributed by atoms with van der Waals surface area (Å²) in [5.74, 6) is -0.696. The zero-order valence-electron chi connectivity index (χ0n) is 11.6. The first-order valence-corrected chi connectivity index (χ1v) is 8.56. The predicted molar refractivity (Wildman–Crippen MR) is 79.8 cm³/mol. The van der Waals surface area contributed by atoms with E-state index in [1.54, 1.807) is 13.8 Å². The molecule has 1 saturated heterocycles. The van der Waals surface area contributed by atoms with Gasteiger partial charge in [0.1, 0.15) is 5.82 Å². The second-order valence-electron chi connectivity index (χ2n) is 5.07. The number of urea groups is 1. The van der Waals surface area contributed by atoms with Crippen molar-refractivity contribution >= 4 is 33.2 Å². The number of nitrogens with one attached hydrogen (secondary N) is 1. The van der Waals surface area contributed by atoms with Crippen molar-refractivity contribution in [1.29, 1.82) is 0 Å². The van der Waals surface area contributed by atoms with Gasteiger partial charge in [-0.15, -0.1) is 0 Å². The molecule has 1 aliphatic rings. The molecule has 21 heavy (non-hydrogen) atoms. The summed E-state index contributed by atoms with van der Waals surface area (Å²) in [6, 6.07) is 3.05. The highest BCUT2D eigenvalue weighted by atomic mass is 35.5. The highest BCUT2D eigenvalue weighted by molar-refractivity contribution is 7.92. The van der Waals surface area contributed by atoms with Gasteiger partial charge in [0, 0.05) is 18.3 Å². The quantitative estimate of drug-likeness (QED) is 0.858. The van der Waals surface area contributed by atoms with Crippen molar-refractivity contribution in [2.45, 2.75) is 25.1 Å². The van der Waals surface area contributed by atoms with Gasteiger partial charge in [0.15, 0.2) is 9.84 Å². The van der Waals surface area contributed by atoms with Crippen molar-refractivity contribution < 1.29 is 17.6 Å². The lowest BCUT2D eigenvalue weighted by Crippen LogP contribution is -2.55. The molecule has 0 aliphatic carbocycles. The normalized spacial score (nSPS) is 24.7. The Morgan fingerprint density at radius 3 is 2.71 bits per heavy atom. The van der Waals surface area contributed by atoms with Crippen LogP contribution in [0, 0.1) is 5.82 Å². The molecule has 5 nitrogen and oxygen atoms in total. The number of anilines is 1. The van der Waals surface area contributed by atoms with Gasteiger partial charge < -0.3 is 10.2 Å². The maximum Gasteiger partial charge on any atom is 0.322 e. The first kappa shape index (κ1) is 16.0. The summed E-state index contributed by atoms with van der Waals surface area (Å²) >= 11 is 5.57. The summed E-state index contributed by atoms with van der Waals surface area (Å²) in [5.41, 5.74) is 0.273. The van der Waals surface area contributed by atoms with E-state index in [9.17, 15) is 17.6 Å². The van der Waals surface area contributed by atoms with Crippen LogP contribution in [0.2, 0.25) is 5.02 Å². The van der Waals surface area contributed by atoms with Gasteiger partial charge in [0.2, 0.25) is 0 Å². The Balaban J connectivity index is 2.12. The maximum atomic E-state index is 13.3. The van der Waals surface area contributed by atoms with Crippen molar-refractivity contribution in [3.63, 3.8) is 0 Å². The van der Waals surface area contributed by atoms with Gasteiger partial charge in [-0.3, -0.25) is 0 Å². The summed E-state index contributed by atoms with van der Waals surface area (Å²) in [6.07, 6.45) is 0. The number of hydrogen-bond donors (Lipinski definition) is 1. The molecule has 1 aromatic rings. The molecule has 2 atom stereocenters. The third-order valence-electron chi connectivity index (χ3n) is 3.79. The maximum absolute atomic E-state index is 13.3. The van der Waals surface area contributed by atoms with Crippen molar-refractivity contribution in [2.75, 3.05) is 17.6 Å². The zero-order chi connectivity index (χ0) is 15.8. The topological polar surface area (TPSA) is 66.5 Å². The highest BCUT2D eigenvalue weighted by Crippen LogP contribution is 2.22. The van der Waals surface area contributed by atoms with Crippen LogP contribution in [0.25, 0.3) is 0 Å². The van der Waals surface area contributed by atoms with Crippen molar-refractivity contribution in [1.82, 2.24) is 4.90 Å². The van der Waals surface area contributed by atoms with Crippen LogP contribution >= 0.6 is 11.6 Å². The summed E-state index contributed by atoms with van der Waals surface area (Å²) in [4.78, 5) is 13.6. The molecule has 1 aromatic carbocycles. The Bertz CT molecular complexity index is 665. The molecule has 1 aliphatic heterocycles. The first-order chi connectivity index (χ1) is 9.72. The van der Waals surface area contributed by atoms with Crippen LogP contribution < -0.4 is 5.32 Å². The Kier molecular flexibility index (Phi) is 4.43. The van der Waals surface area contributed by atoms with E-state index in [1.807, 2.05) is 0 Å². The van der Waals surface area contributed by atoms with Gasteiger partial charge in [0.05, 0.1) is 16.0 Å². The molecule has 1 N–H and O–H groups in total. The van der Waals surface area contributed by atoms with Crippen LogP contribution in [-0.2, 0) is 9.84 Å². The minimum Gasteiger partial charge on any atom is -0.320 e. The molecule has 0 radical (unpaired) electrons. The van der Waals surface area contributed by atoms with E-state index in [-0.39, 0.29) is 23.0 Å².